The Bertz CT molecular complexity index is 511. The molecular weight excluding hydrogens is 202 g/mol. The van der Waals surface area contributed by atoms with E-state index in [-0.39, 0.29) is 0 Å². The molecule has 4 nitrogen and oxygen atoms in total. The number of nitrogens with two attached hydrogens (primary N) is 1. The molecule has 4 heteroatoms. The highest BCUT2D eigenvalue weighted by molar-refractivity contribution is 5.71. The number of nitrogens with zero attached hydrogens (tertiary/aromatic N) is 2. The van der Waals surface area contributed by atoms with Crippen molar-refractivity contribution in [2.24, 2.45) is 0 Å². The standard InChI is InChI=1S/C12H13N3O/c1-8-5-11(15-7-14-8)10-6-9(13)3-4-12(10)16-2/h3-7H,13H2,1-2H3. The number of ether oxygens (including phenoxy) is 1. The summed E-state index contributed by atoms with van der Waals surface area (Å²) in [7, 11) is 1.63. The van der Waals surface area contributed by atoms with Crippen LogP contribution in [0.3, 0.4) is 0 Å². The molecule has 0 aliphatic heterocycles. The average molecular weight is 215 g/mol. The Morgan fingerprint density at radius 2 is 2.00 bits per heavy atom. The lowest BCUT2D eigenvalue weighted by molar-refractivity contribution is 0.416. The van der Waals surface area contributed by atoms with E-state index in [2.05, 4.69) is 9.97 Å². The van der Waals surface area contributed by atoms with E-state index in [4.69, 9.17) is 10.5 Å². The fourth-order valence-electron chi connectivity index (χ4n) is 1.53. The molecule has 1 aromatic carbocycles. The molecule has 0 aliphatic carbocycles. The smallest absolute Gasteiger partial charge is 0.128 e. The van der Waals surface area contributed by atoms with Crippen molar-refractivity contribution in [3.63, 3.8) is 0 Å². The third-order valence-electron chi connectivity index (χ3n) is 2.30. The fourth-order valence-corrected chi connectivity index (χ4v) is 1.53. The zero-order valence-corrected chi connectivity index (χ0v) is 9.27. The van der Waals surface area contributed by atoms with Crippen molar-refractivity contribution in [2.75, 3.05) is 12.8 Å². The van der Waals surface area contributed by atoms with Crippen LogP contribution in [0, 0.1) is 6.92 Å². The molecule has 1 heterocycles. The highest BCUT2D eigenvalue weighted by Crippen LogP contribution is 2.30. The van der Waals surface area contributed by atoms with Crippen LogP contribution >= 0.6 is 0 Å². The number of rotatable bonds is 2. The van der Waals surface area contributed by atoms with Gasteiger partial charge in [0.25, 0.3) is 0 Å². The van der Waals surface area contributed by atoms with Gasteiger partial charge in [-0.15, -0.1) is 0 Å². The molecule has 2 N–H and O–H groups in total. The Balaban J connectivity index is 2.58. The molecule has 0 saturated heterocycles. The van der Waals surface area contributed by atoms with Gasteiger partial charge in [0.15, 0.2) is 0 Å². The van der Waals surface area contributed by atoms with Crippen LogP contribution in [0.5, 0.6) is 5.75 Å². The predicted molar refractivity (Wildman–Crippen MR) is 63.2 cm³/mol. The molecule has 0 aliphatic rings. The zero-order valence-electron chi connectivity index (χ0n) is 9.27. The minimum atomic E-state index is 0.687. The van der Waals surface area contributed by atoms with E-state index in [1.54, 1.807) is 13.2 Å². The lowest BCUT2D eigenvalue weighted by atomic mass is 10.1. The zero-order chi connectivity index (χ0) is 11.5. The van der Waals surface area contributed by atoms with Crippen molar-refractivity contribution >= 4 is 5.69 Å². The summed E-state index contributed by atoms with van der Waals surface area (Å²) in [4.78, 5) is 8.27. The van der Waals surface area contributed by atoms with Crippen molar-refractivity contribution in [3.05, 3.63) is 36.3 Å². The van der Waals surface area contributed by atoms with Gasteiger partial charge in [0, 0.05) is 16.9 Å². The highest BCUT2D eigenvalue weighted by atomic mass is 16.5. The second-order valence-electron chi connectivity index (χ2n) is 3.50. The topological polar surface area (TPSA) is 61.0 Å². The highest BCUT2D eigenvalue weighted by Gasteiger charge is 2.07. The molecule has 0 atom stereocenters. The molecule has 0 saturated carbocycles. The summed E-state index contributed by atoms with van der Waals surface area (Å²) in [6.45, 7) is 1.92. The summed E-state index contributed by atoms with van der Waals surface area (Å²) in [5, 5.41) is 0. The van der Waals surface area contributed by atoms with Gasteiger partial charge < -0.3 is 10.5 Å². The Morgan fingerprint density at radius 1 is 1.19 bits per heavy atom. The molecule has 1 aromatic heterocycles. The van der Waals surface area contributed by atoms with Gasteiger partial charge in [0.2, 0.25) is 0 Å². The second kappa shape index (κ2) is 4.18. The number of nitrogen functional groups attached to an aromatic ring is 1. The third kappa shape index (κ3) is 1.95. The number of benzene rings is 1. The van der Waals surface area contributed by atoms with Gasteiger partial charge in [-0.3, -0.25) is 0 Å². The van der Waals surface area contributed by atoms with Crippen molar-refractivity contribution < 1.29 is 4.74 Å². The van der Waals surface area contributed by atoms with Gasteiger partial charge in [0.1, 0.15) is 12.1 Å². The lowest BCUT2D eigenvalue weighted by Gasteiger charge is -2.08. The summed E-state index contributed by atoms with van der Waals surface area (Å²) < 4.78 is 5.28. The maximum Gasteiger partial charge on any atom is 0.128 e. The Labute approximate surface area is 94.1 Å². The van der Waals surface area contributed by atoms with E-state index < -0.39 is 0 Å². The number of aromatic nitrogens is 2. The van der Waals surface area contributed by atoms with E-state index in [9.17, 15) is 0 Å². The molecule has 2 rings (SSSR count). The van der Waals surface area contributed by atoms with E-state index in [0.717, 1.165) is 22.7 Å². The first-order valence-electron chi connectivity index (χ1n) is 4.93. The third-order valence-corrected chi connectivity index (χ3v) is 2.30. The molecule has 2 aromatic rings. The Kier molecular flexibility index (Phi) is 2.72. The van der Waals surface area contributed by atoms with Crippen LogP contribution in [0.25, 0.3) is 11.3 Å². The fraction of sp³-hybridized carbons (Fsp3) is 0.167. The van der Waals surface area contributed by atoms with E-state index in [1.807, 2.05) is 25.1 Å². The summed E-state index contributed by atoms with van der Waals surface area (Å²) >= 11 is 0. The molecule has 0 amide bonds. The monoisotopic (exact) mass is 215 g/mol. The average Bonchev–Trinajstić information content (AvgIpc) is 2.29. The van der Waals surface area contributed by atoms with Gasteiger partial charge in [-0.2, -0.15) is 0 Å². The van der Waals surface area contributed by atoms with Gasteiger partial charge >= 0.3 is 0 Å². The Hall–Kier alpha value is -2.10. The molecule has 0 radical (unpaired) electrons. The summed E-state index contributed by atoms with van der Waals surface area (Å²) in [5.74, 6) is 0.757. The number of methoxy groups -OCH3 is 1. The quantitative estimate of drug-likeness (QED) is 0.779. The van der Waals surface area contributed by atoms with E-state index in [0.29, 0.717) is 5.69 Å². The first-order valence-corrected chi connectivity index (χ1v) is 4.93. The maximum atomic E-state index is 5.76. The molecule has 0 spiro atoms. The minimum absolute atomic E-state index is 0.687. The maximum absolute atomic E-state index is 5.76. The number of hydrogen-bond donors (Lipinski definition) is 1. The van der Waals surface area contributed by atoms with Crippen LogP contribution in [0.4, 0.5) is 5.69 Å². The number of aryl methyl sites for hydroxylation is 1. The van der Waals surface area contributed by atoms with Gasteiger partial charge in [-0.1, -0.05) is 0 Å². The molecule has 0 bridgehead atoms. The van der Waals surface area contributed by atoms with Crippen LogP contribution < -0.4 is 10.5 Å². The molecule has 16 heavy (non-hydrogen) atoms. The summed E-state index contributed by atoms with van der Waals surface area (Å²) in [6.07, 6.45) is 1.54. The molecular formula is C12H13N3O. The number of hydrogen-bond acceptors (Lipinski definition) is 4. The van der Waals surface area contributed by atoms with Crippen LogP contribution in [0.1, 0.15) is 5.69 Å². The predicted octanol–water partition coefficient (Wildman–Crippen LogP) is 2.04. The van der Waals surface area contributed by atoms with E-state index in [1.165, 1.54) is 6.33 Å². The second-order valence-corrected chi connectivity index (χ2v) is 3.50. The SMILES string of the molecule is COc1ccc(N)cc1-c1cc(C)ncn1. The van der Waals surface area contributed by atoms with Gasteiger partial charge in [0.05, 0.1) is 12.8 Å². The first kappa shape index (κ1) is 10.4. The van der Waals surface area contributed by atoms with Crippen molar-refractivity contribution in [2.45, 2.75) is 6.92 Å². The minimum Gasteiger partial charge on any atom is -0.496 e. The van der Waals surface area contributed by atoms with Crippen LogP contribution in [-0.4, -0.2) is 17.1 Å². The largest absolute Gasteiger partial charge is 0.496 e. The van der Waals surface area contributed by atoms with Gasteiger partial charge in [-0.05, 0) is 31.2 Å². The Morgan fingerprint density at radius 3 is 2.69 bits per heavy atom. The van der Waals surface area contributed by atoms with Crippen molar-refractivity contribution in [3.8, 4) is 17.0 Å². The molecule has 0 unspecified atom stereocenters. The van der Waals surface area contributed by atoms with Crippen molar-refractivity contribution in [1.82, 2.24) is 9.97 Å². The lowest BCUT2D eigenvalue weighted by Crippen LogP contribution is -1.94. The summed E-state index contributed by atoms with van der Waals surface area (Å²) in [5.41, 5.74) is 9.06. The van der Waals surface area contributed by atoms with Crippen LogP contribution in [0.15, 0.2) is 30.6 Å². The first-order chi connectivity index (χ1) is 7.70. The van der Waals surface area contributed by atoms with Crippen LogP contribution in [-0.2, 0) is 0 Å². The normalized spacial score (nSPS) is 10.1. The molecule has 82 valence electrons. The number of anilines is 1. The van der Waals surface area contributed by atoms with E-state index >= 15 is 0 Å². The van der Waals surface area contributed by atoms with Crippen LogP contribution in [0.2, 0.25) is 0 Å². The van der Waals surface area contributed by atoms with Crippen molar-refractivity contribution in [1.29, 1.82) is 0 Å². The summed E-state index contributed by atoms with van der Waals surface area (Å²) in [6, 6.07) is 7.39. The van der Waals surface area contributed by atoms with Gasteiger partial charge in [-0.25, -0.2) is 9.97 Å². The molecule has 0 fully saturated rings.